The van der Waals surface area contributed by atoms with E-state index in [4.69, 9.17) is 18.0 Å². The molecule has 0 spiro atoms. The van der Waals surface area contributed by atoms with E-state index in [-0.39, 0.29) is 39.0 Å². The van der Waals surface area contributed by atoms with E-state index < -0.39 is 19.8 Å². The molecule has 1 heterocycles. The number of thiol groups is 1. The maximum atomic E-state index is 12.4. The summed E-state index contributed by atoms with van der Waals surface area (Å²) in [4.78, 5) is 12.4. The molecule has 0 bridgehead atoms. The highest BCUT2D eigenvalue weighted by Gasteiger charge is 2.52. The summed E-state index contributed by atoms with van der Waals surface area (Å²) in [6, 6.07) is 0.596. The molecule has 0 aliphatic carbocycles. The molecule has 0 aromatic carbocycles. The van der Waals surface area contributed by atoms with Crippen LogP contribution in [0.15, 0.2) is 0 Å². The Hall–Kier alpha value is -0.163. The number of carbonyl (C=O) groups excluding carboxylic acids is 1. The van der Waals surface area contributed by atoms with E-state index in [1.54, 1.807) is 0 Å². The highest BCUT2D eigenvalue weighted by molar-refractivity contribution is 7.80. The van der Waals surface area contributed by atoms with E-state index >= 15 is 0 Å². The average molecular weight is 481 g/mol. The van der Waals surface area contributed by atoms with Crippen LogP contribution >= 0.6 is 12.6 Å². The first kappa shape index (κ1) is 28.9. The smallest absolute Gasteiger partial charge is 0.454 e. The minimum Gasteiger partial charge on any atom is -0.454 e. The number of ether oxygens (including phenoxy) is 1. The first-order chi connectivity index (χ1) is 14.9. The topological polar surface area (TPSA) is 94.5 Å². The van der Waals surface area contributed by atoms with Gasteiger partial charge in [0, 0.05) is 24.5 Å². The Kier molecular flexibility index (Phi) is 13.9. The first-order valence-electron chi connectivity index (χ1n) is 11.8. The fraction of sp³-hybridized carbons (Fsp3) is 0.955. The molecule has 0 saturated carbocycles. The molecule has 9 heteroatoms. The molecule has 7 nitrogen and oxygen atoms in total. The first-order valence-corrected chi connectivity index (χ1v) is 14.4. The van der Waals surface area contributed by atoms with E-state index in [0.717, 1.165) is 25.7 Å². The summed E-state index contributed by atoms with van der Waals surface area (Å²) < 4.78 is 24.3. The minimum atomic E-state index is -3.02. The molecular formula is C22H44O7SSi. The van der Waals surface area contributed by atoms with Crippen LogP contribution in [0.3, 0.4) is 0 Å². The maximum absolute atomic E-state index is 12.4. The molecule has 0 atom stereocenters. The van der Waals surface area contributed by atoms with E-state index in [1.165, 1.54) is 12.8 Å². The average Bonchev–Trinajstić information content (AvgIpc) is 2.80. The Morgan fingerprint density at radius 3 is 2.23 bits per heavy atom. The zero-order chi connectivity index (χ0) is 23.2. The molecule has 0 aromatic rings. The van der Waals surface area contributed by atoms with E-state index in [0.29, 0.717) is 31.1 Å². The van der Waals surface area contributed by atoms with Gasteiger partial charge in [-0.05, 0) is 31.4 Å². The number of rotatable bonds is 17. The third kappa shape index (κ3) is 9.31. The summed E-state index contributed by atoms with van der Waals surface area (Å²) >= 11 is 4.30. The highest BCUT2D eigenvalue weighted by Crippen LogP contribution is 2.33. The highest BCUT2D eigenvalue weighted by atomic mass is 32.1. The third-order valence-corrected chi connectivity index (χ3v) is 9.26. The van der Waals surface area contributed by atoms with E-state index in [2.05, 4.69) is 19.6 Å². The minimum absolute atomic E-state index is 0.159. The van der Waals surface area contributed by atoms with Crippen LogP contribution in [0.25, 0.3) is 0 Å². The number of hydrogen-bond donors (Lipinski definition) is 3. The second kappa shape index (κ2) is 14.9. The van der Waals surface area contributed by atoms with Crippen molar-refractivity contribution in [1.82, 2.24) is 0 Å². The predicted molar refractivity (Wildman–Crippen MR) is 126 cm³/mol. The number of aliphatic hydroxyl groups is 2. The van der Waals surface area contributed by atoms with Crippen molar-refractivity contribution >= 4 is 27.4 Å². The SMILES string of the molecule is CCCCCCCC(=O)OC1(CC)CO[Si](CCCS)(OCC(CC)(CO)CO)OC1. The van der Waals surface area contributed by atoms with Gasteiger partial charge in [0.1, 0.15) is 0 Å². The number of hydrogen-bond acceptors (Lipinski definition) is 8. The third-order valence-electron chi connectivity index (χ3n) is 6.23. The normalized spacial score (nSPS) is 24.3. The predicted octanol–water partition coefficient (Wildman–Crippen LogP) is 3.74. The van der Waals surface area contributed by atoms with Crippen molar-refractivity contribution in [3.8, 4) is 0 Å². The molecule has 0 aromatic heterocycles. The summed E-state index contributed by atoms with van der Waals surface area (Å²) in [5.74, 6) is 0.469. The van der Waals surface area contributed by atoms with Crippen LogP contribution in [0.2, 0.25) is 6.04 Å². The van der Waals surface area contributed by atoms with Crippen LogP contribution in [0.5, 0.6) is 0 Å². The fourth-order valence-electron chi connectivity index (χ4n) is 3.39. The van der Waals surface area contributed by atoms with Crippen LogP contribution in [0, 0.1) is 5.41 Å². The molecule has 1 saturated heterocycles. The van der Waals surface area contributed by atoms with Gasteiger partial charge in [0.2, 0.25) is 0 Å². The molecule has 1 aliphatic heterocycles. The van der Waals surface area contributed by atoms with Crippen LogP contribution in [0.4, 0.5) is 0 Å². The Balaban J connectivity index is 2.69. The fourth-order valence-corrected chi connectivity index (χ4v) is 6.63. The summed E-state index contributed by atoms with van der Waals surface area (Å²) in [7, 11) is -3.02. The molecule has 31 heavy (non-hydrogen) atoms. The van der Waals surface area contributed by atoms with Crippen LogP contribution in [-0.2, 0) is 22.8 Å². The number of carbonyl (C=O) groups is 1. The second-order valence-electron chi connectivity index (χ2n) is 8.72. The van der Waals surface area contributed by atoms with Gasteiger partial charge >= 0.3 is 14.8 Å². The van der Waals surface area contributed by atoms with Gasteiger partial charge < -0.3 is 28.2 Å². The lowest BCUT2D eigenvalue weighted by Crippen LogP contribution is -2.60. The van der Waals surface area contributed by atoms with Crippen molar-refractivity contribution in [1.29, 1.82) is 0 Å². The van der Waals surface area contributed by atoms with Crippen molar-refractivity contribution in [2.24, 2.45) is 5.41 Å². The molecule has 184 valence electrons. The maximum Gasteiger partial charge on any atom is 0.501 e. The Morgan fingerprint density at radius 1 is 1.06 bits per heavy atom. The molecule has 0 radical (unpaired) electrons. The summed E-state index contributed by atoms with van der Waals surface area (Å²) in [6.45, 7) is 6.32. The van der Waals surface area contributed by atoms with E-state index in [1.807, 2.05) is 13.8 Å². The standard InChI is InChI=1S/C22H44O7SSi/c1-4-7-8-9-10-12-20(25)29-22(6-3)18-27-31(28-19-22,14-11-13-30)26-17-21(5-2,15-23)16-24/h23-24,30H,4-19H2,1-3H3. The van der Waals surface area contributed by atoms with Gasteiger partial charge in [-0.2, -0.15) is 12.6 Å². The summed E-state index contributed by atoms with van der Waals surface area (Å²) in [5, 5.41) is 19.5. The lowest BCUT2D eigenvalue weighted by atomic mass is 9.88. The van der Waals surface area contributed by atoms with Crippen molar-refractivity contribution < 1.29 is 33.0 Å². The molecule has 1 fully saturated rings. The van der Waals surface area contributed by atoms with Gasteiger partial charge in [-0.1, -0.05) is 46.5 Å². The molecule has 1 aliphatic rings. The molecule has 1 rings (SSSR count). The number of unbranched alkanes of at least 4 members (excludes halogenated alkanes) is 4. The van der Waals surface area contributed by atoms with Gasteiger partial charge in [0.25, 0.3) is 0 Å². The van der Waals surface area contributed by atoms with E-state index in [9.17, 15) is 15.0 Å². The summed E-state index contributed by atoms with van der Waals surface area (Å²) in [6.07, 6.45) is 7.74. The zero-order valence-electron chi connectivity index (χ0n) is 19.7. The van der Waals surface area contributed by atoms with Gasteiger partial charge in [-0.3, -0.25) is 4.79 Å². The monoisotopic (exact) mass is 480 g/mol. The van der Waals surface area contributed by atoms with Crippen molar-refractivity contribution in [3.05, 3.63) is 0 Å². The zero-order valence-corrected chi connectivity index (χ0v) is 21.6. The molecular weight excluding hydrogens is 436 g/mol. The Bertz CT molecular complexity index is 486. The quantitative estimate of drug-likeness (QED) is 0.126. The number of aliphatic hydroxyl groups excluding tert-OH is 2. The van der Waals surface area contributed by atoms with Crippen LogP contribution in [0.1, 0.15) is 78.6 Å². The Morgan fingerprint density at radius 2 is 1.71 bits per heavy atom. The Labute approximate surface area is 195 Å². The van der Waals surface area contributed by atoms with Crippen LogP contribution < -0.4 is 0 Å². The van der Waals surface area contributed by atoms with Gasteiger partial charge in [0.15, 0.2) is 5.60 Å². The lowest BCUT2D eigenvalue weighted by Gasteiger charge is -2.44. The van der Waals surface area contributed by atoms with Gasteiger partial charge in [0.05, 0.1) is 26.4 Å². The van der Waals surface area contributed by atoms with Gasteiger partial charge in [-0.15, -0.1) is 0 Å². The van der Waals surface area contributed by atoms with Crippen molar-refractivity contribution in [2.45, 2.75) is 90.2 Å². The second-order valence-corrected chi connectivity index (χ2v) is 11.9. The molecule has 0 unspecified atom stereocenters. The van der Waals surface area contributed by atoms with Crippen LogP contribution in [-0.4, -0.2) is 69.4 Å². The van der Waals surface area contributed by atoms with Crippen molar-refractivity contribution in [3.63, 3.8) is 0 Å². The molecule has 2 N–H and O–H groups in total. The largest absolute Gasteiger partial charge is 0.501 e. The lowest BCUT2D eigenvalue weighted by molar-refractivity contribution is -0.183. The number of esters is 1. The summed E-state index contributed by atoms with van der Waals surface area (Å²) in [5.41, 5.74) is -1.52. The van der Waals surface area contributed by atoms with Gasteiger partial charge in [-0.25, -0.2) is 0 Å². The van der Waals surface area contributed by atoms with Crippen molar-refractivity contribution in [2.75, 3.05) is 38.8 Å². The molecule has 0 amide bonds.